The third-order valence-electron chi connectivity index (χ3n) is 2.06. The van der Waals surface area contributed by atoms with E-state index in [4.69, 9.17) is 10.8 Å². The molecule has 4 nitrogen and oxygen atoms in total. The molecule has 1 unspecified atom stereocenters. The number of carbonyl (C=O) groups excluding carboxylic acids is 1. The SMILES string of the molecule is CCCCC(N)C(=O)NC(C)(C)CO. The van der Waals surface area contributed by atoms with Crippen molar-refractivity contribution in [2.24, 2.45) is 5.73 Å². The number of carbonyl (C=O) groups is 1. The minimum absolute atomic E-state index is 0.0841. The molecule has 0 aliphatic carbocycles. The molecule has 84 valence electrons. The molecule has 0 rings (SSSR count). The number of nitrogens with two attached hydrogens (primary N) is 1. The average molecular weight is 202 g/mol. The van der Waals surface area contributed by atoms with E-state index >= 15 is 0 Å². The van der Waals surface area contributed by atoms with Crippen LogP contribution in [0.4, 0.5) is 0 Å². The molecule has 4 heteroatoms. The lowest BCUT2D eigenvalue weighted by atomic mass is 10.0. The van der Waals surface area contributed by atoms with Crippen LogP contribution in [0.3, 0.4) is 0 Å². The van der Waals surface area contributed by atoms with Gasteiger partial charge in [-0.25, -0.2) is 0 Å². The largest absolute Gasteiger partial charge is 0.394 e. The van der Waals surface area contributed by atoms with Gasteiger partial charge < -0.3 is 16.2 Å². The standard InChI is InChI=1S/C10H22N2O2/c1-4-5-6-8(11)9(14)12-10(2,3)7-13/h8,13H,4-7,11H2,1-3H3,(H,12,14). The molecule has 0 aromatic rings. The first-order valence-corrected chi connectivity index (χ1v) is 5.11. The number of hydrogen-bond donors (Lipinski definition) is 3. The molecule has 0 aromatic heterocycles. The molecule has 0 fully saturated rings. The van der Waals surface area contributed by atoms with E-state index in [1.165, 1.54) is 0 Å². The van der Waals surface area contributed by atoms with E-state index < -0.39 is 11.6 Å². The van der Waals surface area contributed by atoms with Crippen molar-refractivity contribution in [3.05, 3.63) is 0 Å². The molecule has 4 N–H and O–H groups in total. The molecular formula is C10H22N2O2. The van der Waals surface area contributed by atoms with E-state index in [1.54, 1.807) is 13.8 Å². The summed E-state index contributed by atoms with van der Waals surface area (Å²) in [6.45, 7) is 5.50. The zero-order valence-electron chi connectivity index (χ0n) is 9.34. The van der Waals surface area contributed by atoms with Gasteiger partial charge in [-0.3, -0.25) is 4.79 Å². The summed E-state index contributed by atoms with van der Waals surface area (Å²) in [5.41, 5.74) is 5.09. The van der Waals surface area contributed by atoms with Crippen molar-refractivity contribution in [1.82, 2.24) is 5.32 Å². The molecule has 1 amide bonds. The summed E-state index contributed by atoms with van der Waals surface area (Å²) < 4.78 is 0. The number of rotatable bonds is 6. The number of nitrogens with one attached hydrogen (secondary N) is 1. The topological polar surface area (TPSA) is 75.4 Å². The number of hydrogen-bond acceptors (Lipinski definition) is 3. The summed E-state index contributed by atoms with van der Waals surface area (Å²) in [6, 6.07) is -0.458. The number of amides is 1. The van der Waals surface area contributed by atoms with Gasteiger partial charge in [-0.15, -0.1) is 0 Å². The maximum absolute atomic E-state index is 11.5. The van der Waals surface area contributed by atoms with Crippen LogP contribution >= 0.6 is 0 Å². The molecule has 0 saturated carbocycles. The minimum atomic E-state index is -0.582. The number of unbranched alkanes of at least 4 members (excludes halogenated alkanes) is 1. The second kappa shape index (κ2) is 5.98. The Morgan fingerprint density at radius 3 is 2.57 bits per heavy atom. The minimum Gasteiger partial charge on any atom is -0.394 e. The smallest absolute Gasteiger partial charge is 0.237 e. The van der Waals surface area contributed by atoms with Crippen LogP contribution in [0.15, 0.2) is 0 Å². The Bertz CT molecular complexity index is 181. The van der Waals surface area contributed by atoms with Crippen LogP contribution in [0.25, 0.3) is 0 Å². The van der Waals surface area contributed by atoms with Crippen molar-refractivity contribution < 1.29 is 9.90 Å². The third-order valence-corrected chi connectivity index (χ3v) is 2.06. The molecular weight excluding hydrogens is 180 g/mol. The summed E-state index contributed by atoms with van der Waals surface area (Å²) in [7, 11) is 0. The van der Waals surface area contributed by atoms with Crippen molar-refractivity contribution in [3.8, 4) is 0 Å². The fourth-order valence-electron chi connectivity index (χ4n) is 1.02. The lowest BCUT2D eigenvalue weighted by molar-refractivity contribution is -0.124. The predicted octanol–water partition coefficient (Wildman–Crippen LogP) is 0.391. The summed E-state index contributed by atoms with van der Waals surface area (Å²) >= 11 is 0. The van der Waals surface area contributed by atoms with Crippen LogP contribution in [-0.4, -0.2) is 29.2 Å². The van der Waals surface area contributed by atoms with E-state index in [1.807, 2.05) is 0 Å². The van der Waals surface area contributed by atoms with Crippen LogP contribution in [-0.2, 0) is 4.79 Å². The number of aliphatic hydroxyl groups excluding tert-OH is 1. The van der Waals surface area contributed by atoms with Gasteiger partial charge in [0.1, 0.15) is 0 Å². The third kappa shape index (κ3) is 5.19. The van der Waals surface area contributed by atoms with E-state index in [0.29, 0.717) is 6.42 Å². The Balaban J connectivity index is 3.95. The molecule has 0 aromatic carbocycles. The van der Waals surface area contributed by atoms with E-state index in [0.717, 1.165) is 12.8 Å². The fourth-order valence-corrected chi connectivity index (χ4v) is 1.02. The predicted molar refractivity (Wildman–Crippen MR) is 56.8 cm³/mol. The number of aliphatic hydroxyl groups is 1. The molecule has 0 aliphatic heterocycles. The Kier molecular flexibility index (Phi) is 5.72. The highest BCUT2D eigenvalue weighted by Crippen LogP contribution is 2.03. The van der Waals surface area contributed by atoms with E-state index in [-0.39, 0.29) is 12.5 Å². The van der Waals surface area contributed by atoms with Gasteiger partial charge in [0.2, 0.25) is 5.91 Å². The summed E-state index contributed by atoms with van der Waals surface area (Å²) in [5, 5.41) is 11.6. The summed E-state index contributed by atoms with van der Waals surface area (Å²) in [5.74, 6) is -0.183. The van der Waals surface area contributed by atoms with Crippen molar-refractivity contribution >= 4 is 5.91 Å². The Morgan fingerprint density at radius 2 is 2.14 bits per heavy atom. The molecule has 0 saturated heterocycles. The summed E-state index contributed by atoms with van der Waals surface area (Å²) in [6.07, 6.45) is 2.68. The van der Waals surface area contributed by atoms with Crippen molar-refractivity contribution in [1.29, 1.82) is 0 Å². The Hall–Kier alpha value is -0.610. The summed E-state index contributed by atoms with van der Waals surface area (Å²) in [4.78, 5) is 11.5. The maximum Gasteiger partial charge on any atom is 0.237 e. The quantitative estimate of drug-likeness (QED) is 0.583. The second-order valence-electron chi connectivity index (χ2n) is 4.28. The highest BCUT2D eigenvalue weighted by atomic mass is 16.3. The molecule has 0 aliphatic rings. The van der Waals surface area contributed by atoms with Gasteiger partial charge in [-0.2, -0.15) is 0 Å². The first-order valence-electron chi connectivity index (χ1n) is 5.11. The van der Waals surface area contributed by atoms with Gasteiger partial charge in [0, 0.05) is 0 Å². The van der Waals surface area contributed by atoms with Gasteiger partial charge in [-0.05, 0) is 20.3 Å². The molecule has 1 atom stereocenters. The first kappa shape index (κ1) is 13.4. The van der Waals surface area contributed by atoms with Gasteiger partial charge in [-0.1, -0.05) is 19.8 Å². The second-order valence-corrected chi connectivity index (χ2v) is 4.28. The lowest BCUT2D eigenvalue weighted by Gasteiger charge is -2.25. The van der Waals surface area contributed by atoms with Crippen molar-refractivity contribution in [2.45, 2.75) is 51.6 Å². The van der Waals surface area contributed by atoms with Crippen LogP contribution < -0.4 is 11.1 Å². The maximum atomic E-state index is 11.5. The van der Waals surface area contributed by atoms with Crippen LogP contribution in [0, 0.1) is 0 Å². The normalized spacial score (nSPS) is 13.8. The van der Waals surface area contributed by atoms with Crippen LogP contribution in [0.5, 0.6) is 0 Å². The molecule has 0 spiro atoms. The van der Waals surface area contributed by atoms with Gasteiger partial charge in [0.25, 0.3) is 0 Å². The molecule has 0 heterocycles. The molecule has 14 heavy (non-hydrogen) atoms. The van der Waals surface area contributed by atoms with Crippen LogP contribution in [0.2, 0.25) is 0 Å². The van der Waals surface area contributed by atoms with Crippen molar-refractivity contribution in [2.75, 3.05) is 6.61 Å². The van der Waals surface area contributed by atoms with Gasteiger partial charge in [0.15, 0.2) is 0 Å². The molecule has 0 bridgehead atoms. The molecule has 0 radical (unpaired) electrons. The van der Waals surface area contributed by atoms with E-state index in [2.05, 4.69) is 12.2 Å². The van der Waals surface area contributed by atoms with E-state index in [9.17, 15) is 4.79 Å². The average Bonchev–Trinajstić information content (AvgIpc) is 2.13. The zero-order chi connectivity index (χ0) is 11.2. The Labute approximate surface area is 85.9 Å². The van der Waals surface area contributed by atoms with Crippen molar-refractivity contribution in [3.63, 3.8) is 0 Å². The highest BCUT2D eigenvalue weighted by molar-refractivity contribution is 5.82. The van der Waals surface area contributed by atoms with Gasteiger partial charge in [0.05, 0.1) is 18.2 Å². The zero-order valence-corrected chi connectivity index (χ0v) is 9.34. The highest BCUT2D eigenvalue weighted by Gasteiger charge is 2.22. The lowest BCUT2D eigenvalue weighted by Crippen LogP contribution is -2.52. The monoisotopic (exact) mass is 202 g/mol. The first-order chi connectivity index (χ1) is 6.43. The van der Waals surface area contributed by atoms with Gasteiger partial charge >= 0.3 is 0 Å². The van der Waals surface area contributed by atoms with Crippen LogP contribution in [0.1, 0.15) is 40.0 Å². The Morgan fingerprint density at radius 1 is 1.57 bits per heavy atom. The fraction of sp³-hybridized carbons (Fsp3) is 0.900.